The maximum absolute atomic E-state index is 13.3. The van der Waals surface area contributed by atoms with Crippen molar-refractivity contribution in [3.05, 3.63) is 29.1 Å². The van der Waals surface area contributed by atoms with E-state index in [4.69, 9.17) is 0 Å². The van der Waals surface area contributed by atoms with Gasteiger partial charge in [-0.1, -0.05) is 19.3 Å². The average molecular weight is 491 g/mol. The highest BCUT2D eigenvalue weighted by atomic mass is 16.2. The fourth-order valence-electron chi connectivity index (χ4n) is 8.90. The zero-order valence-electron chi connectivity index (χ0n) is 21.0. The van der Waals surface area contributed by atoms with Crippen molar-refractivity contribution in [2.45, 2.75) is 95.2 Å². The van der Waals surface area contributed by atoms with Gasteiger partial charge in [-0.2, -0.15) is 0 Å². The summed E-state index contributed by atoms with van der Waals surface area (Å²) in [5.41, 5.74) is 0.719. The summed E-state index contributed by atoms with van der Waals surface area (Å²) in [6, 6.07) is 3.72. The van der Waals surface area contributed by atoms with E-state index in [1.165, 1.54) is 57.8 Å². The van der Waals surface area contributed by atoms with E-state index in [1.807, 2.05) is 0 Å². The first-order valence-corrected chi connectivity index (χ1v) is 14.4. The van der Waals surface area contributed by atoms with E-state index < -0.39 is 0 Å². The maximum atomic E-state index is 13.3. The third-order valence-corrected chi connectivity index (χ3v) is 10.7. The smallest absolute Gasteiger partial charge is 0.270 e. The van der Waals surface area contributed by atoms with E-state index in [1.54, 1.807) is 12.1 Å². The van der Waals surface area contributed by atoms with Gasteiger partial charge in [0.05, 0.1) is 0 Å². The van der Waals surface area contributed by atoms with Gasteiger partial charge in [-0.25, -0.2) is 4.98 Å². The van der Waals surface area contributed by atoms with Crippen molar-refractivity contribution in [2.75, 3.05) is 0 Å². The number of fused-ring (bicyclic) bond motifs is 6. The molecule has 36 heavy (non-hydrogen) atoms. The first kappa shape index (κ1) is 22.7. The molecule has 7 nitrogen and oxygen atoms in total. The molecule has 0 aliphatic heterocycles. The lowest BCUT2D eigenvalue weighted by Gasteiger charge is -2.24. The fourth-order valence-corrected chi connectivity index (χ4v) is 8.90. The fraction of sp³-hybridized carbons (Fsp3) is 0.724. The highest BCUT2D eigenvalue weighted by Crippen LogP contribution is 2.46. The highest BCUT2D eigenvalue weighted by molar-refractivity contribution is 6.02. The van der Waals surface area contributed by atoms with Crippen molar-refractivity contribution in [3.8, 4) is 0 Å². The van der Waals surface area contributed by atoms with Gasteiger partial charge in [-0.3, -0.25) is 14.4 Å². The number of nitrogens with one attached hydrogen (secondary N) is 3. The summed E-state index contributed by atoms with van der Waals surface area (Å²) in [6.45, 7) is 0. The third-order valence-electron chi connectivity index (χ3n) is 10.7. The molecular formula is C29H38N4O3. The van der Waals surface area contributed by atoms with E-state index in [-0.39, 0.29) is 47.2 Å². The summed E-state index contributed by atoms with van der Waals surface area (Å²) in [5.74, 6) is 3.08. The molecule has 6 saturated carbocycles. The summed E-state index contributed by atoms with van der Waals surface area (Å²) in [6.07, 6.45) is 14.0. The van der Waals surface area contributed by atoms with Gasteiger partial charge in [-0.15, -0.1) is 0 Å². The Bertz CT molecular complexity index is 943. The zero-order chi connectivity index (χ0) is 24.4. The molecule has 1 aromatic heterocycles. The monoisotopic (exact) mass is 490 g/mol. The topological polar surface area (TPSA) is 100 Å². The molecule has 1 aromatic rings. The molecule has 192 valence electrons. The van der Waals surface area contributed by atoms with Crippen LogP contribution in [0.4, 0.5) is 0 Å². The van der Waals surface area contributed by atoms with Crippen molar-refractivity contribution < 1.29 is 14.4 Å². The van der Waals surface area contributed by atoms with Crippen LogP contribution in [0.25, 0.3) is 0 Å². The molecule has 0 radical (unpaired) electrons. The molecule has 0 spiro atoms. The van der Waals surface area contributed by atoms with Crippen LogP contribution in [0.1, 0.15) is 108 Å². The van der Waals surface area contributed by atoms with Crippen LogP contribution in [0.15, 0.2) is 12.1 Å². The number of hydrogen-bond donors (Lipinski definition) is 3. The number of pyridine rings is 1. The van der Waals surface area contributed by atoms with E-state index in [2.05, 4.69) is 20.9 Å². The maximum Gasteiger partial charge on any atom is 0.270 e. The second kappa shape index (κ2) is 8.84. The van der Waals surface area contributed by atoms with Gasteiger partial charge in [0.2, 0.25) is 0 Å². The number of nitrogens with zero attached hydrogens (tertiary/aromatic N) is 1. The number of rotatable bonds is 6. The molecule has 6 aliphatic rings. The zero-order valence-corrected chi connectivity index (χ0v) is 21.0. The second-order valence-corrected chi connectivity index (χ2v) is 12.9. The van der Waals surface area contributed by atoms with Crippen LogP contribution in [0.2, 0.25) is 0 Å². The number of aromatic nitrogens is 1. The normalized spacial score (nSPS) is 39.5. The van der Waals surface area contributed by atoms with Crippen molar-refractivity contribution >= 4 is 17.7 Å². The Balaban J connectivity index is 1.11. The Morgan fingerprint density at radius 2 is 0.944 bits per heavy atom. The predicted molar refractivity (Wildman–Crippen MR) is 134 cm³/mol. The minimum atomic E-state index is -0.268. The van der Waals surface area contributed by atoms with E-state index >= 15 is 0 Å². The van der Waals surface area contributed by atoms with Gasteiger partial charge in [0.25, 0.3) is 17.7 Å². The van der Waals surface area contributed by atoms with Crippen LogP contribution < -0.4 is 16.0 Å². The third kappa shape index (κ3) is 4.12. The molecule has 6 aliphatic carbocycles. The largest absolute Gasteiger partial charge is 0.349 e. The molecule has 0 saturated heterocycles. The van der Waals surface area contributed by atoms with E-state index in [0.29, 0.717) is 23.3 Å². The molecule has 1 heterocycles. The standard InChI is InChI=1S/C29H38N4O3/c34-27(31-22-10-15-1-4-18(22)7-15)21-13-25(28(35)32-23-11-16-2-5-19(23)8-16)30-26(14-21)29(36)33-24-12-17-3-6-20(24)9-17/h13-20,22-24H,1-12H2,(H,31,34)(H,32,35)(H,33,36). The quantitative estimate of drug-likeness (QED) is 0.564. The molecule has 6 bridgehead atoms. The molecule has 0 aromatic carbocycles. The van der Waals surface area contributed by atoms with Crippen molar-refractivity contribution in [1.29, 1.82) is 0 Å². The lowest BCUT2D eigenvalue weighted by Crippen LogP contribution is -2.41. The van der Waals surface area contributed by atoms with E-state index in [9.17, 15) is 14.4 Å². The van der Waals surface area contributed by atoms with E-state index in [0.717, 1.165) is 37.0 Å². The first-order chi connectivity index (χ1) is 17.5. The summed E-state index contributed by atoms with van der Waals surface area (Å²) >= 11 is 0. The summed E-state index contributed by atoms with van der Waals surface area (Å²) in [4.78, 5) is 44.4. The molecular weight excluding hydrogens is 452 g/mol. The number of carbonyl (C=O) groups excluding carboxylic acids is 3. The predicted octanol–water partition coefficient (Wildman–Crippen LogP) is 3.84. The van der Waals surface area contributed by atoms with Crippen LogP contribution in [0.3, 0.4) is 0 Å². The number of carbonyl (C=O) groups is 3. The molecule has 9 unspecified atom stereocenters. The van der Waals surface area contributed by atoms with Gasteiger partial charge in [-0.05, 0) is 105 Å². The van der Waals surface area contributed by atoms with Crippen molar-refractivity contribution in [1.82, 2.24) is 20.9 Å². The minimum absolute atomic E-state index is 0.177. The summed E-state index contributed by atoms with van der Waals surface area (Å²) in [7, 11) is 0. The lowest BCUT2D eigenvalue weighted by molar-refractivity contribution is 0.0913. The molecule has 6 fully saturated rings. The lowest BCUT2D eigenvalue weighted by atomic mass is 9.94. The van der Waals surface area contributed by atoms with Gasteiger partial charge in [0.1, 0.15) is 11.4 Å². The Hall–Kier alpha value is -2.44. The van der Waals surface area contributed by atoms with Crippen LogP contribution in [-0.4, -0.2) is 40.8 Å². The number of hydrogen-bond acceptors (Lipinski definition) is 4. The van der Waals surface area contributed by atoms with Crippen LogP contribution in [-0.2, 0) is 0 Å². The van der Waals surface area contributed by atoms with Crippen LogP contribution in [0.5, 0.6) is 0 Å². The summed E-state index contributed by atoms with van der Waals surface area (Å²) < 4.78 is 0. The Morgan fingerprint density at radius 3 is 1.28 bits per heavy atom. The Kier molecular flexibility index (Phi) is 5.58. The Morgan fingerprint density at radius 1 is 0.556 bits per heavy atom. The van der Waals surface area contributed by atoms with Gasteiger partial charge in [0, 0.05) is 23.7 Å². The van der Waals surface area contributed by atoms with Crippen molar-refractivity contribution in [3.63, 3.8) is 0 Å². The van der Waals surface area contributed by atoms with Gasteiger partial charge >= 0.3 is 0 Å². The first-order valence-electron chi connectivity index (χ1n) is 14.4. The second-order valence-electron chi connectivity index (χ2n) is 12.9. The molecule has 7 rings (SSSR count). The van der Waals surface area contributed by atoms with Crippen LogP contribution in [0, 0.1) is 35.5 Å². The molecule has 9 atom stereocenters. The minimum Gasteiger partial charge on any atom is -0.349 e. The van der Waals surface area contributed by atoms with Gasteiger partial charge in [0.15, 0.2) is 0 Å². The van der Waals surface area contributed by atoms with Gasteiger partial charge < -0.3 is 16.0 Å². The molecule has 7 heteroatoms. The SMILES string of the molecule is O=C(NC1CC2CCC1C2)c1cc(C(=O)NC2CC3CCC2C3)nc(C(=O)NC2CC3CCC2C3)c1. The Labute approximate surface area is 213 Å². The molecule has 3 N–H and O–H groups in total. The highest BCUT2D eigenvalue weighted by Gasteiger charge is 2.42. The van der Waals surface area contributed by atoms with Crippen molar-refractivity contribution in [2.24, 2.45) is 35.5 Å². The summed E-state index contributed by atoms with van der Waals surface area (Å²) in [5, 5.41) is 9.59. The number of amides is 3. The van der Waals surface area contributed by atoms with Crippen LogP contribution >= 0.6 is 0 Å². The molecule has 3 amide bonds. The average Bonchev–Trinajstić information content (AvgIpc) is 3.72.